The molecule has 0 saturated carbocycles. The molecular weight excluding hydrogens is 412 g/mol. The largest absolute Gasteiger partial charge is 0.481 e. The minimum absolute atomic E-state index is 0.00564. The Morgan fingerprint density at radius 3 is 2.84 bits per heavy atom. The molecule has 0 amide bonds. The summed E-state index contributed by atoms with van der Waals surface area (Å²) >= 11 is 6.36. The van der Waals surface area contributed by atoms with Gasteiger partial charge in [-0.2, -0.15) is 0 Å². The topological polar surface area (TPSA) is 86.3 Å². The van der Waals surface area contributed by atoms with Crippen molar-refractivity contribution in [3.05, 3.63) is 88.6 Å². The second-order valence-corrected chi connectivity index (χ2v) is 8.03. The van der Waals surface area contributed by atoms with E-state index >= 15 is 0 Å². The molecule has 6 nitrogen and oxygen atoms in total. The summed E-state index contributed by atoms with van der Waals surface area (Å²) in [6.07, 6.45) is 2.48. The molecule has 4 N–H and O–H groups in total. The first-order valence-corrected chi connectivity index (χ1v) is 10.7. The van der Waals surface area contributed by atoms with Gasteiger partial charge in [-0.15, -0.1) is 0 Å². The number of carboxylic acids is 1. The van der Waals surface area contributed by atoms with E-state index in [0.717, 1.165) is 29.2 Å². The molecule has 31 heavy (non-hydrogen) atoms. The van der Waals surface area contributed by atoms with Crippen molar-refractivity contribution in [2.24, 2.45) is 0 Å². The van der Waals surface area contributed by atoms with Crippen LogP contribution in [0.3, 0.4) is 0 Å². The summed E-state index contributed by atoms with van der Waals surface area (Å²) in [5.41, 5.74) is 3.90. The van der Waals surface area contributed by atoms with E-state index < -0.39 is 5.97 Å². The molecule has 1 aromatic heterocycles. The number of pyridine rings is 1. The summed E-state index contributed by atoms with van der Waals surface area (Å²) in [6, 6.07) is 19.9. The summed E-state index contributed by atoms with van der Waals surface area (Å²) in [5.74, 6) is 0.00574. The van der Waals surface area contributed by atoms with Crippen LogP contribution in [0.1, 0.15) is 22.7 Å². The minimum atomic E-state index is -0.847. The number of hydrogen-bond donors (Lipinski definition) is 4. The van der Waals surface area contributed by atoms with Crippen LogP contribution in [0.25, 0.3) is 0 Å². The highest BCUT2D eigenvalue weighted by atomic mass is 35.5. The first-order valence-electron chi connectivity index (χ1n) is 10.3. The predicted molar refractivity (Wildman–Crippen MR) is 124 cm³/mol. The molecule has 0 bridgehead atoms. The standard InChI is InChI=1S/C24H25ClN4O2/c25-19-9-8-16(14-22(30)31)13-18(19)10-12-26-23(17-5-2-1-3-6-17)21-15-28-20-7-4-11-27-24(20)29-21/h1-9,11,13,21,23,26,28H,10,12,14-15H2,(H,27,29)(H,30,31)/t21-,23-/m1/s1. The highest BCUT2D eigenvalue weighted by molar-refractivity contribution is 6.31. The molecule has 7 heteroatoms. The second kappa shape index (κ2) is 9.81. The number of carbonyl (C=O) groups is 1. The normalized spacial score (nSPS) is 16.0. The Hall–Kier alpha value is -3.09. The molecule has 2 heterocycles. The van der Waals surface area contributed by atoms with E-state index in [9.17, 15) is 4.79 Å². The van der Waals surface area contributed by atoms with Crippen molar-refractivity contribution in [3.8, 4) is 0 Å². The molecule has 0 spiro atoms. The zero-order chi connectivity index (χ0) is 21.6. The molecule has 0 saturated heterocycles. The van der Waals surface area contributed by atoms with E-state index in [2.05, 4.69) is 33.1 Å². The Balaban J connectivity index is 1.47. The lowest BCUT2D eigenvalue weighted by atomic mass is 9.97. The zero-order valence-corrected chi connectivity index (χ0v) is 17.8. The monoisotopic (exact) mass is 436 g/mol. The fourth-order valence-corrected chi connectivity index (χ4v) is 4.14. The number of nitrogens with zero attached hydrogens (tertiary/aromatic N) is 1. The number of hydrogen-bond acceptors (Lipinski definition) is 5. The molecule has 3 aromatic rings. The number of anilines is 2. The third-order valence-electron chi connectivity index (χ3n) is 5.43. The van der Waals surface area contributed by atoms with Crippen LogP contribution in [0.4, 0.5) is 11.5 Å². The molecule has 1 aliphatic rings. The Bertz CT molecular complexity index is 1040. The van der Waals surface area contributed by atoms with E-state index in [1.165, 1.54) is 5.56 Å². The lowest BCUT2D eigenvalue weighted by Crippen LogP contribution is -2.44. The van der Waals surface area contributed by atoms with Crippen molar-refractivity contribution < 1.29 is 9.90 Å². The number of aliphatic carboxylic acids is 1. The van der Waals surface area contributed by atoms with E-state index in [0.29, 0.717) is 18.0 Å². The minimum Gasteiger partial charge on any atom is -0.481 e. The molecule has 0 aliphatic carbocycles. The number of carboxylic acid groups (broad SMARTS) is 1. The number of benzene rings is 2. The summed E-state index contributed by atoms with van der Waals surface area (Å²) in [5, 5.41) is 20.4. The van der Waals surface area contributed by atoms with Gasteiger partial charge in [0.05, 0.1) is 24.2 Å². The fraction of sp³-hybridized carbons (Fsp3) is 0.250. The highest BCUT2D eigenvalue weighted by Crippen LogP contribution is 2.28. The van der Waals surface area contributed by atoms with Crippen molar-refractivity contribution in [2.45, 2.75) is 24.9 Å². The van der Waals surface area contributed by atoms with E-state index in [-0.39, 0.29) is 18.5 Å². The Morgan fingerprint density at radius 1 is 1.19 bits per heavy atom. The number of aromatic nitrogens is 1. The molecule has 1 aliphatic heterocycles. The van der Waals surface area contributed by atoms with E-state index in [4.69, 9.17) is 16.7 Å². The number of rotatable bonds is 8. The van der Waals surface area contributed by atoms with Crippen LogP contribution in [-0.2, 0) is 17.6 Å². The summed E-state index contributed by atoms with van der Waals surface area (Å²) in [6.45, 7) is 1.46. The van der Waals surface area contributed by atoms with Gasteiger partial charge in [0.1, 0.15) is 5.82 Å². The van der Waals surface area contributed by atoms with E-state index in [1.807, 2.05) is 36.4 Å². The summed E-state index contributed by atoms with van der Waals surface area (Å²) in [7, 11) is 0. The van der Waals surface area contributed by atoms with Gasteiger partial charge in [0.2, 0.25) is 0 Å². The van der Waals surface area contributed by atoms with E-state index in [1.54, 1.807) is 18.3 Å². The molecule has 2 aromatic carbocycles. The Kier molecular flexibility index (Phi) is 6.70. The first-order chi connectivity index (χ1) is 15.1. The van der Waals surface area contributed by atoms with Crippen LogP contribution in [0.2, 0.25) is 5.02 Å². The van der Waals surface area contributed by atoms with Crippen molar-refractivity contribution in [1.82, 2.24) is 10.3 Å². The summed E-state index contributed by atoms with van der Waals surface area (Å²) in [4.78, 5) is 15.5. The van der Waals surface area contributed by atoms with Crippen molar-refractivity contribution in [2.75, 3.05) is 23.7 Å². The molecule has 0 radical (unpaired) electrons. The maximum atomic E-state index is 11.0. The summed E-state index contributed by atoms with van der Waals surface area (Å²) < 4.78 is 0. The van der Waals surface area contributed by atoms with Gasteiger partial charge in [-0.1, -0.05) is 54.1 Å². The van der Waals surface area contributed by atoms with Crippen LogP contribution in [-0.4, -0.2) is 35.2 Å². The molecule has 2 atom stereocenters. The smallest absolute Gasteiger partial charge is 0.307 e. The van der Waals surface area contributed by atoms with Gasteiger partial charge in [0.25, 0.3) is 0 Å². The molecular formula is C24H25ClN4O2. The van der Waals surface area contributed by atoms with Gasteiger partial charge in [-0.05, 0) is 47.9 Å². The van der Waals surface area contributed by atoms with Gasteiger partial charge in [-0.25, -0.2) is 4.98 Å². The van der Waals surface area contributed by atoms with Crippen LogP contribution in [0.15, 0.2) is 66.9 Å². The average molecular weight is 437 g/mol. The first kappa shape index (κ1) is 21.2. The van der Waals surface area contributed by atoms with Crippen LogP contribution in [0.5, 0.6) is 0 Å². The maximum Gasteiger partial charge on any atom is 0.307 e. The quantitative estimate of drug-likeness (QED) is 0.424. The zero-order valence-electron chi connectivity index (χ0n) is 17.0. The van der Waals surface area contributed by atoms with Crippen LogP contribution in [0, 0.1) is 0 Å². The highest BCUT2D eigenvalue weighted by Gasteiger charge is 2.27. The molecule has 0 unspecified atom stereocenters. The Morgan fingerprint density at radius 2 is 2.03 bits per heavy atom. The van der Waals surface area contributed by atoms with Crippen LogP contribution < -0.4 is 16.0 Å². The van der Waals surface area contributed by atoms with Gasteiger partial charge in [-0.3, -0.25) is 4.79 Å². The average Bonchev–Trinajstić information content (AvgIpc) is 2.78. The SMILES string of the molecule is O=C(O)Cc1ccc(Cl)c(CCN[C@H](c2ccccc2)[C@H]2CNc3cccnc3N2)c1. The van der Waals surface area contributed by atoms with Crippen LogP contribution >= 0.6 is 11.6 Å². The van der Waals surface area contributed by atoms with Crippen molar-refractivity contribution in [3.63, 3.8) is 0 Å². The van der Waals surface area contributed by atoms with Crippen molar-refractivity contribution >= 4 is 29.1 Å². The number of fused-ring (bicyclic) bond motifs is 1. The second-order valence-electron chi connectivity index (χ2n) is 7.62. The number of nitrogens with one attached hydrogen (secondary N) is 3. The predicted octanol–water partition coefficient (Wildman–Crippen LogP) is 4.14. The van der Waals surface area contributed by atoms with Crippen molar-refractivity contribution in [1.29, 1.82) is 0 Å². The lowest BCUT2D eigenvalue weighted by molar-refractivity contribution is -0.136. The van der Waals surface area contributed by atoms with Gasteiger partial charge in [0.15, 0.2) is 0 Å². The van der Waals surface area contributed by atoms with Gasteiger partial charge in [0, 0.05) is 17.8 Å². The third-order valence-corrected chi connectivity index (χ3v) is 5.80. The molecule has 0 fully saturated rings. The molecule has 4 rings (SSSR count). The third kappa shape index (κ3) is 5.34. The fourth-order valence-electron chi connectivity index (χ4n) is 3.93. The molecule has 160 valence electrons. The van der Waals surface area contributed by atoms with Gasteiger partial charge >= 0.3 is 5.97 Å². The maximum absolute atomic E-state index is 11.0. The van der Waals surface area contributed by atoms with Gasteiger partial charge < -0.3 is 21.1 Å². The lowest BCUT2D eigenvalue weighted by Gasteiger charge is -2.34. The number of halogens is 1. The Labute approximate surface area is 186 Å².